The number of hydrogen-bond acceptors (Lipinski definition) is 6. The number of aryl methyl sites for hydroxylation is 1. The molecule has 1 aromatic rings. The second-order valence-corrected chi connectivity index (χ2v) is 5.14. The van der Waals surface area contributed by atoms with Gasteiger partial charge in [0.1, 0.15) is 17.7 Å². The van der Waals surface area contributed by atoms with Gasteiger partial charge in [0.15, 0.2) is 6.23 Å². The van der Waals surface area contributed by atoms with Crippen LogP contribution in [0, 0.1) is 6.92 Å². The lowest BCUT2D eigenvalue weighted by Gasteiger charge is -2.30. The number of azide groups is 1. The second-order valence-electron chi connectivity index (χ2n) is 5.14. The van der Waals surface area contributed by atoms with Crippen LogP contribution in [0.5, 0.6) is 0 Å². The molecule has 2 aliphatic heterocycles. The summed E-state index contributed by atoms with van der Waals surface area (Å²) in [5, 5.41) is 13.2. The van der Waals surface area contributed by atoms with E-state index in [0.717, 1.165) is 0 Å². The molecule has 2 fully saturated rings. The molecule has 112 valence electrons. The molecule has 0 amide bonds. The molecule has 10 heteroatoms. The van der Waals surface area contributed by atoms with E-state index in [1.165, 1.54) is 10.8 Å². The number of aromatic nitrogens is 2. The van der Waals surface area contributed by atoms with E-state index in [2.05, 4.69) is 15.0 Å². The summed E-state index contributed by atoms with van der Waals surface area (Å²) in [6.07, 6.45) is -0.214. The molecule has 0 radical (unpaired) electrons. The van der Waals surface area contributed by atoms with E-state index in [0.29, 0.717) is 5.56 Å². The lowest BCUT2D eigenvalue weighted by Crippen LogP contribution is -2.44. The van der Waals surface area contributed by atoms with Crippen molar-refractivity contribution in [2.75, 3.05) is 13.2 Å². The Morgan fingerprint density at radius 1 is 1.67 bits per heavy atom. The Balaban J connectivity index is 2.07. The van der Waals surface area contributed by atoms with Crippen LogP contribution in [0.1, 0.15) is 11.8 Å². The van der Waals surface area contributed by atoms with Crippen LogP contribution in [0.4, 0.5) is 0 Å². The van der Waals surface area contributed by atoms with Gasteiger partial charge in [-0.2, -0.15) is 0 Å². The zero-order valence-electron chi connectivity index (χ0n) is 11.1. The predicted octanol–water partition coefficient (Wildman–Crippen LogP) is -0.817. The Labute approximate surface area is 117 Å². The fourth-order valence-electron chi connectivity index (χ4n) is 2.76. The number of nitrogens with zero attached hydrogens (tertiary/aromatic N) is 4. The SMILES string of the molecule is Cc1cn([C@@H]2O[C@@]3(CO)CO[C@@H]2[C@@H]3N=[N+]=[N-])c(=O)[nH]c1=O. The fraction of sp³-hybridized carbons (Fsp3) is 0.636. The van der Waals surface area contributed by atoms with Crippen molar-refractivity contribution in [1.82, 2.24) is 9.55 Å². The summed E-state index contributed by atoms with van der Waals surface area (Å²) >= 11 is 0. The molecular formula is C11H13N5O5. The fourth-order valence-corrected chi connectivity index (χ4v) is 2.76. The molecule has 0 spiro atoms. The molecule has 1 aromatic heterocycles. The molecule has 2 bridgehead atoms. The van der Waals surface area contributed by atoms with E-state index in [1.54, 1.807) is 6.92 Å². The van der Waals surface area contributed by atoms with Crippen molar-refractivity contribution in [2.45, 2.75) is 30.9 Å². The lowest BCUT2D eigenvalue weighted by molar-refractivity contribution is -0.185. The van der Waals surface area contributed by atoms with E-state index < -0.39 is 41.8 Å². The molecular weight excluding hydrogens is 282 g/mol. The van der Waals surface area contributed by atoms with Crippen LogP contribution in [0.3, 0.4) is 0 Å². The topological polar surface area (TPSA) is 142 Å². The van der Waals surface area contributed by atoms with Crippen LogP contribution in [0.2, 0.25) is 0 Å². The van der Waals surface area contributed by atoms with Gasteiger partial charge in [0.2, 0.25) is 0 Å². The number of aromatic amines is 1. The molecule has 0 aromatic carbocycles. The van der Waals surface area contributed by atoms with Crippen molar-refractivity contribution >= 4 is 0 Å². The van der Waals surface area contributed by atoms with E-state index in [1.807, 2.05) is 0 Å². The van der Waals surface area contributed by atoms with Gasteiger partial charge >= 0.3 is 5.69 Å². The average molecular weight is 295 g/mol. The van der Waals surface area contributed by atoms with Gasteiger partial charge in [0.25, 0.3) is 5.56 Å². The van der Waals surface area contributed by atoms with Crippen LogP contribution in [0.15, 0.2) is 20.9 Å². The number of fused-ring (bicyclic) bond motifs is 2. The third-order valence-corrected chi connectivity index (χ3v) is 3.87. The summed E-state index contributed by atoms with van der Waals surface area (Å²) < 4.78 is 12.4. The second kappa shape index (κ2) is 4.71. The number of aliphatic hydroxyl groups excluding tert-OH is 1. The van der Waals surface area contributed by atoms with Crippen molar-refractivity contribution in [2.24, 2.45) is 5.11 Å². The van der Waals surface area contributed by atoms with Crippen molar-refractivity contribution in [1.29, 1.82) is 0 Å². The van der Waals surface area contributed by atoms with Gasteiger partial charge in [-0.3, -0.25) is 14.3 Å². The largest absolute Gasteiger partial charge is 0.393 e. The minimum atomic E-state index is -1.16. The van der Waals surface area contributed by atoms with E-state index in [4.69, 9.17) is 15.0 Å². The summed E-state index contributed by atoms with van der Waals surface area (Å²) in [7, 11) is 0. The maximum atomic E-state index is 11.9. The summed E-state index contributed by atoms with van der Waals surface area (Å²) in [5.41, 5.74) is 6.68. The van der Waals surface area contributed by atoms with Crippen LogP contribution in [0.25, 0.3) is 10.4 Å². The van der Waals surface area contributed by atoms with Crippen molar-refractivity contribution in [3.05, 3.63) is 43.0 Å². The summed E-state index contributed by atoms with van der Waals surface area (Å²) in [6, 6.07) is -0.739. The Morgan fingerprint density at radius 3 is 3.10 bits per heavy atom. The smallest absolute Gasteiger partial charge is 0.330 e. The third-order valence-electron chi connectivity index (χ3n) is 3.87. The highest BCUT2D eigenvalue weighted by Gasteiger charge is 2.61. The number of ether oxygens (including phenoxy) is 2. The molecule has 2 saturated heterocycles. The first kappa shape index (κ1) is 13.8. The molecule has 21 heavy (non-hydrogen) atoms. The monoisotopic (exact) mass is 295 g/mol. The minimum Gasteiger partial charge on any atom is -0.393 e. The summed E-state index contributed by atoms with van der Waals surface area (Å²) in [6.45, 7) is 1.22. The van der Waals surface area contributed by atoms with Gasteiger partial charge in [0.05, 0.1) is 13.2 Å². The Morgan fingerprint density at radius 2 is 2.43 bits per heavy atom. The predicted molar refractivity (Wildman–Crippen MR) is 68.7 cm³/mol. The van der Waals surface area contributed by atoms with E-state index in [9.17, 15) is 14.7 Å². The van der Waals surface area contributed by atoms with Crippen LogP contribution < -0.4 is 11.2 Å². The molecule has 0 unspecified atom stereocenters. The Hall–Kier alpha value is -2.13. The Kier molecular flexibility index (Phi) is 3.10. The molecule has 10 nitrogen and oxygen atoms in total. The van der Waals surface area contributed by atoms with Crippen molar-refractivity contribution in [3.63, 3.8) is 0 Å². The highest BCUT2D eigenvalue weighted by molar-refractivity contribution is 5.12. The first-order chi connectivity index (χ1) is 10.0. The highest BCUT2D eigenvalue weighted by atomic mass is 16.6. The van der Waals surface area contributed by atoms with Crippen LogP contribution in [-0.4, -0.2) is 45.6 Å². The summed E-state index contributed by atoms with van der Waals surface area (Å²) in [5.74, 6) is 0. The van der Waals surface area contributed by atoms with Gasteiger partial charge < -0.3 is 14.6 Å². The zero-order valence-corrected chi connectivity index (χ0v) is 11.1. The van der Waals surface area contributed by atoms with Gasteiger partial charge in [0, 0.05) is 16.7 Å². The number of nitrogens with one attached hydrogen (secondary N) is 1. The number of rotatable bonds is 3. The van der Waals surface area contributed by atoms with Crippen LogP contribution in [-0.2, 0) is 9.47 Å². The van der Waals surface area contributed by atoms with Gasteiger partial charge in [-0.05, 0) is 12.5 Å². The number of H-pyrrole nitrogens is 1. The number of aliphatic hydroxyl groups is 1. The normalized spacial score (nSPS) is 33.9. The number of hydrogen-bond donors (Lipinski definition) is 2. The van der Waals surface area contributed by atoms with Crippen molar-refractivity contribution < 1.29 is 14.6 Å². The average Bonchev–Trinajstić information content (AvgIpc) is 2.96. The van der Waals surface area contributed by atoms with Gasteiger partial charge in [-0.1, -0.05) is 5.11 Å². The summed E-state index contributed by atoms with van der Waals surface area (Å²) in [4.78, 5) is 28.2. The van der Waals surface area contributed by atoms with Gasteiger partial charge in [-0.15, -0.1) is 0 Å². The molecule has 0 saturated carbocycles. The molecule has 3 heterocycles. The third kappa shape index (κ3) is 1.88. The molecule has 2 N–H and O–H groups in total. The first-order valence-electron chi connectivity index (χ1n) is 6.29. The zero-order chi connectivity index (χ0) is 15.2. The lowest BCUT2D eigenvalue weighted by atomic mass is 9.98. The van der Waals surface area contributed by atoms with E-state index >= 15 is 0 Å². The maximum Gasteiger partial charge on any atom is 0.330 e. The van der Waals surface area contributed by atoms with E-state index in [-0.39, 0.29) is 6.61 Å². The molecule has 3 rings (SSSR count). The molecule has 0 aliphatic carbocycles. The van der Waals surface area contributed by atoms with Gasteiger partial charge in [-0.25, -0.2) is 4.79 Å². The minimum absolute atomic E-state index is 0.0748. The van der Waals surface area contributed by atoms with Crippen LogP contribution >= 0.6 is 0 Å². The highest BCUT2D eigenvalue weighted by Crippen LogP contribution is 2.45. The first-order valence-corrected chi connectivity index (χ1v) is 6.29. The Bertz CT molecular complexity index is 735. The molecule has 4 atom stereocenters. The van der Waals surface area contributed by atoms with Crippen molar-refractivity contribution in [3.8, 4) is 0 Å². The molecule has 2 aliphatic rings. The quantitative estimate of drug-likeness (QED) is 0.425. The maximum absolute atomic E-state index is 11.9. The standard InChI is InChI=1S/C11H13N5O5/c1-5-2-16(10(19)13-8(5)18)9-6-7(14-15-12)11(3-17,21-9)4-20-6/h2,6-7,9,17H,3-4H2,1H3,(H,13,18,19)/t6-,7+,9-,11+/m1/s1.